The summed E-state index contributed by atoms with van der Waals surface area (Å²) in [6, 6.07) is 0.977. The molecule has 0 saturated heterocycles. The van der Waals surface area contributed by atoms with Crippen LogP contribution in [0.3, 0.4) is 0 Å². The van der Waals surface area contributed by atoms with Crippen LogP contribution >= 0.6 is 0 Å². The van der Waals surface area contributed by atoms with E-state index in [-0.39, 0.29) is 0 Å². The predicted octanol–water partition coefficient (Wildman–Crippen LogP) is 1.87. The van der Waals surface area contributed by atoms with Gasteiger partial charge in [0, 0.05) is 15.1 Å². The Labute approximate surface area is 74.1 Å². The first kappa shape index (κ1) is 11.4. The molecule has 4 nitrogen and oxygen atoms in total. The van der Waals surface area contributed by atoms with Crippen molar-refractivity contribution in [2.45, 2.75) is 25.7 Å². The monoisotopic (exact) mass is 191 g/mol. The van der Waals surface area contributed by atoms with E-state index in [4.69, 9.17) is 9.94 Å². The number of rotatable bonds is 4. The highest BCUT2D eigenvalue weighted by Crippen LogP contribution is 2.07. The van der Waals surface area contributed by atoms with Crippen LogP contribution < -0.4 is 0 Å². The van der Waals surface area contributed by atoms with Crippen molar-refractivity contribution < 1.29 is 14.7 Å². The van der Waals surface area contributed by atoms with E-state index in [1.807, 2.05) is 0 Å². The summed E-state index contributed by atoms with van der Waals surface area (Å²) in [5.41, 5.74) is 0. The van der Waals surface area contributed by atoms with E-state index in [0.29, 0.717) is 6.61 Å². The lowest BCUT2D eigenvalue weighted by molar-refractivity contribution is -0.107. The minimum atomic E-state index is -1.10. The van der Waals surface area contributed by atoms with Crippen LogP contribution in [0.15, 0.2) is 0 Å². The lowest BCUT2D eigenvalue weighted by atomic mass is 10.9. The Morgan fingerprint density at radius 1 is 1.50 bits per heavy atom. The Morgan fingerprint density at radius 3 is 2.33 bits per heavy atom. The topological polar surface area (TPSA) is 49.8 Å². The molecule has 0 unspecified atom stereocenters. The highest BCUT2D eigenvalue weighted by molar-refractivity contribution is 6.76. The minimum Gasteiger partial charge on any atom is -0.463 e. The Hall–Kier alpha value is -0.553. The van der Waals surface area contributed by atoms with Crippen molar-refractivity contribution in [1.29, 1.82) is 0 Å². The van der Waals surface area contributed by atoms with Crippen LogP contribution in [-0.2, 0) is 4.84 Å². The molecule has 0 aliphatic heterocycles. The third kappa shape index (κ3) is 6.18. The molecule has 0 atom stereocenters. The molecule has 0 aromatic heterocycles. The van der Waals surface area contributed by atoms with Crippen molar-refractivity contribution >= 4 is 14.2 Å². The van der Waals surface area contributed by atoms with Gasteiger partial charge in [-0.25, -0.2) is 4.79 Å². The maximum Gasteiger partial charge on any atom is 0.431 e. The number of hydroxylamine groups is 2. The molecule has 0 aromatic rings. The zero-order chi connectivity index (χ0) is 9.78. The molecule has 0 aliphatic rings. The molecule has 0 bridgehead atoms. The number of carbonyl (C=O) groups is 1. The maximum absolute atomic E-state index is 10.3. The largest absolute Gasteiger partial charge is 0.463 e. The Kier molecular flexibility index (Phi) is 4.26. The van der Waals surface area contributed by atoms with Crippen molar-refractivity contribution in [2.24, 2.45) is 0 Å². The maximum atomic E-state index is 10.3. The van der Waals surface area contributed by atoms with Gasteiger partial charge >= 0.3 is 6.09 Å². The lowest BCUT2D eigenvalue weighted by Crippen LogP contribution is -2.29. The van der Waals surface area contributed by atoms with Crippen LogP contribution in [0.4, 0.5) is 4.79 Å². The van der Waals surface area contributed by atoms with Crippen molar-refractivity contribution in [1.82, 2.24) is 5.06 Å². The molecule has 0 aromatic carbocycles. The normalized spacial score (nSPS) is 11.3. The summed E-state index contributed by atoms with van der Waals surface area (Å²) in [5, 5.41) is 9.27. The summed E-state index contributed by atoms with van der Waals surface area (Å²) >= 11 is 0. The number of hydrogen-bond donors (Lipinski definition) is 1. The van der Waals surface area contributed by atoms with Gasteiger partial charge < -0.3 is 5.11 Å². The zero-order valence-corrected chi connectivity index (χ0v) is 9.13. The molecule has 5 heteroatoms. The molecule has 0 fully saturated rings. The summed E-state index contributed by atoms with van der Waals surface area (Å²) < 4.78 is 0. The fourth-order valence-electron chi connectivity index (χ4n) is 0.544. The van der Waals surface area contributed by atoms with Gasteiger partial charge in [-0.2, -0.15) is 5.06 Å². The van der Waals surface area contributed by atoms with Gasteiger partial charge in [-0.05, 0) is 6.04 Å². The van der Waals surface area contributed by atoms with Crippen LogP contribution in [0.1, 0.15) is 0 Å². The van der Waals surface area contributed by atoms with Crippen molar-refractivity contribution in [3.63, 3.8) is 0 Å². The van der Waals surface area contributed by atoms with E-state index in [1.54, 1.807) is 0 Å². The first-order chi connectivity index (χ1) is 5.33. The molecule has 0 heterocycles. The van der Waals surface area contributed by atoms with E-state index < -0.39 is 14.2 Å². The molecule has 0 radical (unpaired) electrons. The first-order valence-electron chi connectivity index (χ1n) is 3.92. The van der Waals surface area contributed by atoms with E-state index in [0.717, 1.165) is 11.1 Å². The zero-order valence-electron chi connectivity index (χ0n) is 8.13. The van der Waals surface area contributed by atoms with Crippen molar-refractivity contribution in [2.75, 3.05) is 13.7 Å². The SMILES string of the molecule is CN(OCC[Si](C)(C)C)C(=O)O. The molecule has 12 heavy (non-hydrogen) atoms. The summed E-state index contributed by atoms with van der Waals surface area (Å²) in [6.45, 7) is 7.16. The molecular formula is C7H17NO3Si. The highest BCUT2D eigenvalue weighted by Gasteiger charge is 2.14. The molecule has 0 saturated carbocycles. The second-order valence-corrected chi connectivity index (χ2v) is 9.55. The minimum absolute atomic E-state index is 0.499. The number of nitrogens with zero attached hydrogens (tertiary/aromatic N) is 1. The van der Waals surface area contributed by atoms with Gasteiger partial charge in [-0.1, -0.05) is 19.6 Å². The number of amides is 1. The van der Waals surface area contributed by atoms with Crippen LogP contribution in [0, 0.1) is 0 Å². The molecular weight excluding hydrogens is 174 g/mol. The number of hydrogen-bond acceptors (Lipinski definition) is 2. The lowest BCUT2D eigenvalue weighted by Gasteiger charge is -2.18. The van der Waals surface area contributed by atoms with Gasteiger partial charge in [0.05, 0.1) is 6.61 Å². The van der Waals surface area contributed by atoms with Gasteiger partial charge in [0.2, 0.25) is 0 Å². The molecule has 0 rings (SSSR count). The second-order valence-electron chi connectivity index (χ2n) is 3.92. The average Bonchev–Trinajstić information content (AvgIpc) is 1.84. The van der Waals surface area contributed by atoms with Crippen LogP contribution in [0.5, 0.6) is 0 Å². The van der Waals surface area contributed by atoms with Crippen molar-refractivity contribution in [3.8, 4) is 0 Å². The van der Waals surface area contributed by atoms with Gasteiger partial charge in [0.25, 0.3) is 0 Å². The van der Waals surface area contributed by atoms with E-state index in [1.165, 1.54) is 7.05 Å². The summed E-state index contributed by atoms with van der Waals surface area (Å²) in [7, 11) is 0.292. The fourth-order valence-corrected chi connectivity index (χ4v) is 1.25. The quantitative estimate of drug-likeness (QED) is 0.545. The van der Waals surface area contributed by atoms with E-state index in [9.17, 15) is 4.79 Å². The van der Waals surface area contributed by atoms with Crippen LogP contribution in [0.25, 0.3) is 0 Å². The fraction of sp³-hybridized carbons (Fsp3) is 0.857. The Bertz CT molecular complexity index is 155. The van der Waals surface area contributed by atoms with Gasteiger partial charge in [0.1, 0.15) is 0 Å². The van der Waals surface area contributed by atoms with Crippen LogP contribution in [-0.4, -0.2) is 38.0 Å². The first-order valence-corrected chi connectivity index (χ1v) is 7.63. The van der Waals surface area contributed by atoms with Gasteiger partial charge in [-0.15, -0.1) is 0 Å². The molecule has 1 N–H and O–H groups in total. The molecule has 0 spiro atoms. The molecule has 0 aliphatic carbocycles. The van der Waals surface area contributed by atoms with E-state index in [2.05, 4.69) is 19.6 Å². The second kappa shape index (κ2) is 4.47. The van der Waals surface area contributed by atoms with Crippen LogP contribution in [0.2, 0.25) is 25.7 Å². The predicted molar refractivity (Wildman–Crippen MR) is 49.9 cm³/mol. The Balaban J connectivity index is 3.51. The molecule has 72 valence electrons. The summed E-state index contributed by atoms with van der Waals surface area (Å²) in [4.78, 5) is 15.2. The Morgan fingerprint density at radius 2 is 2.00 bits per heavy atom. The summed E-state index contributed by atoms with van der Waals surface area (Å²) in [5.74, 6) is 0. The third-order valence-corrected chi connectivity index (χ3v) is 3.11. The average molecular weight is 191 g/mol. The van der Waals surface area contributed by atoms with Gasteiger partial charge in [-0.3, -0.25) is 4.84 Å². The number of carboxylic acid groups (broad SMARTS) is 1. The van der Waals surface area contributed by atoms with Crippen molar-refractivity contribution in [3.05, 3.63) is 0 Å². The van der Waals surface area contributed by atoms with Gasteiger partial charge in [0.15, 0.2) is 0 Å². The standard InChI is InChI=1S/C7H17NO3Si/c1-8(7(9)10)11-5-6-12(2,3)4/h5-6H2,1-4H3,(H,9,10). The highest BCUT2D eigenvalue weighted by atomic mass is 28.3. The third-order valence-electron chi connectivity index (χ3n) is 1.41. The smallest absolute Gasteiger partial charge is 0.431 e. The summed E-state index contributed by atoms with van der Waals surface area (Å²) in [6.07, 6.45) is -1.05. The molecule has 1 amide bonds. The van der Waals surface area contributed by atoms with E-state index >= 15 is 0 Å².